The first-order chi connectivity index (χ1) is 15.5. The second-order valence-electron chi connectivity index (χ2n) is 7.13. The van der Waals surface area contributed by atoms with Crippen molar-refractivity contribution in [3.8, 4) is 0 Å². The van der Waals surface area contributed by atoms with E-state index in [4.69, 9.17) is 34.8 Å². The molecule has 0 saturated carbocycles. The molecule has 0 saturated heterocycles. The molecule has 1 aromatic carbocycles. The van der Waals surface area contributed by atoms with Gasteiger partial charge in [0.15, 0.2) is 0 Å². The number of benzene rings is 1. The van der Waals surface area contributed by atoms with Gasteiger partial charge in [0.1, 0.15) is 17.6 Å². The number of aromatic amines is 1. The van der Waals surface area contributed by atoms with Crippen molar-refractivity contribution in [2.45, 2.75) is 42.3 Å². The third kappa shape index (κ3) is 6.78. The fraction of sp³-hybridized carbons (Fsp3) is 0.350. The molecule has 2 heterocycles. The van der Waals surface area contributed by atoms with Crippen LogP contribution < -0.4 is 16.0 Å². The Bertz CT molecular complexity index is 1100. The Labute approximate surface area is 202 Å². The second-order valence-corrected chi connectivity index (χ2v) is 9.49. The summed E-state index contributed by atoms with van der Waals surface area (Å²) in [4.78, 5) is 23.8. The van der Waals surface area contributed by atoms with Crippen LogP contribution in [-0.2, 0) is 11.0 Å². The minimum absolute atomic E-state index is 0.0199. The number of nitrogens with zero attached hydrogens (tertiary/aromatic N) is 2. The number of amides is 1. The third-order valence-corrected chi connectivity index (χ3v) is 5.21. The van der Waals surface area contributed by atoms with Crippen molar-refractivity contribution in [3.63, 3.8) is 0 Å². The van der Waals surface area contributed by atoms with Crippen molar-refractivity contribution in [1.29, 1.82) is 0 Å². The van der Waals surface area contributed by atoms with Crippen LogP contribution in [-0.4, -0.2) is 30.8 Å². The van der Waals surface area contributed by atoms with Crippen LogP contribution in [0.4, 0.5) is 30.6 Å². The van der Waals surface area contributed by atoms with Crippen LogP contribution in [0.5, 0.6) is 0 Å². The summed E-state index contributed by atoms with van der Waals surface area (Å²) in [5, 5.41) is 8.96. The van der Waals surface area contributed by atoms with Gasteiger partial charge in [-0.05, 0) is 36.8 Å². The van der Waals surface area contributed by atoms with E-state index in [0.717, 1.165) is 18.6 Å². The molecule has 0 spiro atoms. The molecule has 1 amide bonds. The number of fused-ring (bicyclic) bond motifs is 1. The monoisotopic (exact) mass is 522 g/mol. The van der Waals surface area contributed by atoms with Crippen LogP contribution in [0.15, 0.2) is 36.5 Å². The Morgan fingerprint density at radius 2 is 1.82 bits per heavy atom. The molecule has 0 fully saturated rings. The van der Waals surface area contributed by atoms with Gasteiger partial charge in [0, 0.05) is 18.3 Å². The minimum Gasteiger partial charge on any atom is -0.346 e. The van der Waals surface area contributed by atoms with E-state index in [-0.39, 0.29) is 18.3 Å². The molecular formula is C20H20Cl3F3N6O. The molecule has 2 aromatic heterocycles. The molecule has 1 unspecified atom stereocenters. The number of alkyl halides is 6. The van der Waals surface area contributed by atoms with E-state index < -0.39 is 21.7 Å². The summed E-state index contributed by atoms with van der Waals surface area (Å²) < 4.78 is 36.6. The van der Waals surface area contributed by atoms with Gasteiger partial charge in [0.25, 0.3) is 0 Å². The number of carbonyl (C=O) groups excluding carboxylic acids is 1. The van der Waals surface area contributed by atoms with Crippen LogP contribution in [0, 0.1) is 0 Å². The second kappa shape index (κ2) is 10.2. The maximum atomic E-state index is 12.8. The zero-order valence-electron chi connectivity index (χ0n) is 17.2. The number of unbranched alkanes of at least 4 members (excludes halogenated alkanes) is 1. The van der Waals surface area contributed by atoms with Crippen LogP contribution in [0.1, 0.15) is 31.7 Å². The van der Waals surface area contributed by atoms with E-state index in [2.05, 4.69) is 30.9 Å². The molecule has 178 valence electrons. The standard InChI is InChI=1S/C20H20Cl3F3N6O/c1-2-3-4-14(33)29-17(19(21,22)23)32-18-30-15-13(9-10-27-15)16(31-18)28-12-7-5-11(6-8-12)20(24,25)26/h5-10,17H,2-4H2,1H3,(H,29,33)(H3,27,28,30,31,32). The molecule has 0 bridgehead atoms. The number of hydrogen-bond donors (Lipinski definition) is 4. The normalized spacial score (nSPS) is 13.1. The smallest absolute Gasteiger partial charge is 0.346 e. The average molecular weight is 524 g/mol. The van der Waals surface area contributed by atoms with E-state index in [0.29, 0.717) is 29.0 Å². The lowest BCUT2D eigenvalue weighted by molar-refractivity contribution is -0.137. The highest BCUT2D eigenvalue weighted by Gasteiger charge is 2.35. The van der Waals surface area contributed by atoms with Crippen molar-refractivity contribution in [3.05, 3.63) is 42.1 Å². The van der Waals surface area contributed by atoms with Crippen molar-refractivity contribution in [2.24, 2.45) is 0 Å². The first kappa shape index (κ1) is 25.2. The average Bonchev–Trinajstić information content (AvgIpc) is 3.20. The lowest BCUT2D eigenvalue weighted by atomic mass is 10.2. The number of nitrogens with one attached hydrogen (secondary N) is 4. The number of aromatic nitrogens is 3. The molecule has 4 N–H and O–H groups in total. The van der Waals surface area contributed by atoms with Crippen LogP contribution >= 0.6 is 34.8 Å². The molecule has 0 aliphatic carbocycles. The highest BCUT2D eigenvalue weighted by Crippen LogP contribution is 2.33. The van der Waals surface area contributed by atoms with E-state index in [1.165, 1.54) is 12.1 Å². The Balaban J connectivity index is 1.86. The quantitative estimate of drug-likeness (QED) is 0.210. The van der Waals surface area contributed by atoms with Gasteiger partial charge in [-0.3, -0.25) is 4.79 Å². The highest BCUT2D eigenvalue weighted by molar-refractivity contribution is 6.68. The molecule has 3 aromatic rings. The number of H-pyrrole nitrogens is 1. The summed E-state index contributed by atoms with van der Waals surface area (Å²) in [7, 11) is 0. The van der Waals surface area contributed by atoms with Gasteiger partial charge < -0.3 is 20.9 Å². The van der Waals surface area contributed by atoms with E-state index in [9.17, 15) is 18.0 Å². The Hall–Kier alpha value is -2.43. The summed E-state index contributed by atoms with van der Waals surface area (Å²) in [5.74, 6) is 0.0000864. The maximum Gasteiger partial charge on any atom is 0.416 e. The van der Waals surface area contributed by atoms with Gasteiger partial charge in [-0.1, -0.05) is 48.1 Å². The summed E-state index contributed by atoms with van der Waals surface area (Å²) >= 11 is 18.1. The number of carbonyl (C=O) groups is 1. The van der Waals surface area contributed by atoms with Gasteiger partial charge in [-0.15, -0.1) is 0 Å². The summed E-state index contributed by atoms with van der Waals surface area (Å²) in [6.07, 6.45) is -2.20. The van der Waals surface area contributed by atoms with Crippen LogP contribution in [0.25, 0.3) is 11.0 Å². The Morgan fingerprint density at radius 3 is 2.42 bits per heavy atom. The van der Waals surface area contributed by atoms with Gasteiger partial charge in [0.2, 0.25) is 15.6 Å². The van der Waals surface area contributed by atoms with Crippen molar-refractivity contribution in [2.75, 3.05) is 10.6 Å². The number of halogens is 6. The lowest BCUT2D eigenvalue weighted by Crippen LogP contribution is -2.49. The number of rotatable bonds is 8. The topological polar surface area (TPSA) is 94.7 Å². The molecule has 1 atom stereocenters. The minimum atomic E-state index is -4.44. The van der Waals surface area contributed by atoms with Crippen molar-refractivity contribution in [1.82, 2.24) is 20.3 Å². The Morgan fingerprint density at radius 1 is 1.12 bits per heavy atom. The van der Waals surface area contributed by atoms with E-state index in [1.807, 2.05) is 6.92 Å². The van der Waals surface area contributed by atoms with E-state index in [1.54, 1.807) is 12.3 Å². The van der Waals surface area contributed by atoms with Crippen LogP contribution in [0.2, 0.25) is 0 Å². The zero-order chi connectivity index (χ0) is 24.2. The van der Waals surface area contributed by atoms with Crippen molar-refractivity contribution < 1.29 is 18.0 Å². The fourth-order valence-electron chi connectivity index (χ4n) is 2.88. The lowest BCUT2D eigenvalue weighted by Gasteiger charge is -2.26. The largest absolute Gasteiger partial charge is 0.416 e. The molecule has 0 aliphatic rings. The first-order valence-corrected chi connectivity index (χ1v) is 11.0. The molecule has 7 nitrogen and oxygen atoms in total. The third-order valence-electron chi connectivity index (χ3n) is 4.55. The van der Waals surface area contributed by atoms with Gasteiger partial charge >= 0.3 is 6.18 Å². The van der Waals surface area contributed by atoms with Gasteiger partial charge in [0.05, 0.1) is 10.9 Å². The Kier molecular flexibility index (Phi) is 7.81. The predicted molar refractivity (Wildman–Crippen MR) is 124 cm³/mol. The molecular weight excluding hydrogens is 504 g/mol. The molecule has 0 radical (unpaired) electrons. The molecule has 3 rings (SSSR count). The summed E-state index contributed by atoms with van der Waals surface area (Å²) in [5.41, 5.74) is 0.0254. The summed E-state index contributed by atoms with van der Waals surface area (Å²) in [6, 6.07) is 6.19. The van der Waals surface area contributed by atoms with Gasteiger partial charge in [-0.2, -0.15) is 23.1 Å². The van der Waals surface area contributed by atoms with E-state index >= 15 is 0 Å². The molecule has 33 heavy (non-hydrogen) atoms. The molecule has 13 heteroatoms. The predicted octanol–water partition coefficient (Wildman–Crippen LogP) is 6.13. The number of anilines is 3. The van der Waals surface area contributed by atoms with Crippen LogP contribution in [0.3, 0.4) is 0 Å². The molecule has 0 aliphatic heterocycles. The van der Waals surface area contributed by atoms with Gasteiger partial charge in [-0.25, -0.2) is 0 Å². The maximum absolute atomic E-state index is 12.8. The SMILES string of the molecule is CCCCC(=O)NC(Nc1nc(Nc2ccc(C(F)(F)F)cc2)c2cc[nH]c2n1)C(Cl)(Cl)Cl. The first-order valence-electron chi connectivity index (χ1n) is 9.89. The zero-order valence-corrected chi connectivity index (χ0v) is 19.5. The number of hydrogen-bond acceptors (Lipinski definition) is 5. The van der Waals surface area contributed by atoms with Crippen molar-refractivity contribution >= 4 is 69.2 Å². The highest BCUT2D eigenvalue weighted by atomic mass is 35.6. The fourth-order valence-corrected chi connectivity index (χ4v) is 3.21. The summed E-state index contributed by atoms with van der Waals surface area (Å²) in [6.45, 7) is 1.95.